The van der Waals surface area contributed by atoms with Crippen LogP contribution in [0, 0.1) is 0 Å². The molecule has 4 nitrogen and oxygen atoms in total. The molecule has 0 saturated heterocycles. The maximum atomic E-state index is 11.4. The maximum absolute atomic E-state index is 11.4. The van der Waals surface area contributed by atoms with Gasteiger partial charge in [0.25, 0.3) is 0 Å². The molecule has 1 atom stereocenters. The third-order valence-corrected chi connectivity index (χ3v) is 4.20. The minimum Gasteiger partial charge on any atom is -0.396 e. The van der Waals surface area contributed by atoms with Crippen molar-refractivity contribution in [3.05, 3.63) is 0 Å². The Morgan fingerprint density at radius 2 is 2.15 bits per heavy atom. The maximum Gasteiger partial charge on any atom is 0.214 e. The minimum absolute atomic E-state index is 0.0576. The summed E-state index contributed by atoms with van der Waals surface area (Å²) in [7, 11) is -3.05. The Balaban J connectivity index is 2.30. The van der Waals surface area contributed by atoms with E-state index in [2.05, 4.69) is 4.72 Å². The molecule has 1 aliphatic carbocycles. The second kappa shape index (κ2) is 4.39. The van der Waals surface area contributed by atoms with Crippen LogP contribution in [0.4, 0.5) is 0 Å². The van der Waals surface area contributed by atoms with Crippen molar-refractivity contribution in [2.75, 3.05) is 6.61 Å². The first kappa shape index (κ1) is 10.9. The summed E-state index contributed by atoms with van der Waals surface area (Å²) in [5, 5.41) is 8.41. The van der Waals surface area contributed by atoms with Gasteiger partial charge in [0.2, 0.25) is 10.0 Å². The van der Waals surface area contributed by atoms with E-state index in [1.807, 2.05) is 6.92 Å². The average Bonchev–Trinajstić information content (AvgIpc) is 2.81. The molecule has 0 aromatic rings. The largest absolute Gasteiger partial charge is 0.396 e. The van der Waals surface area contributed by atoms with Gasteiger partial charge in [-0.05, 0) is 32.6 Å². The fourth-order valence-electron chi connectivity index (χ4n) is 1.21. The van der Waals surface area contributed by atoms with Crippen LogP contribution in [0.25, 0.3) is 0 Å². The van der Waals surface area contributed by atoms with Crippen LogP contribution >= 0.6 is 0 Å². The fourth-order valence-corrected chi connectivity index (χ4v) is 2.84. The van der Waals surface area contributed by atoms with E-state index >= 15 is 0 Å². The quantitative estimate of drug-likeness (QED) is 0.655. The van der Waals surface area contributed by atoms with Crippen LogP contribution in [-0.4, -0.2) is 31.4 Å². The van der Waals surface area contributed by atoms with Gasteiger partial charge in [-0.2, -0.15) is 0 Å². The van der Waals surface area contributed by atoms with Gasteiger partial charge in [-0.15, -0.1) is 0 Å². The van der Waals surface area contributed by atoms with E-state index in [4.69, 9.17) is 5.11 Å². The van der Waals surface area contributed by atoms with Gasteiger partial charge in [0, 0.05) is 12.6 Å². The molecule has 1 fully saturated rings. The topological polar surface area (TPSA) is 66.4 Å². The van der Waals surface area contributed by atoms with Gasteiger partial charge in [0.15, 0.2) is 0 Å². The first-order valence-electron chi connectivity index (χ1n) is 4.68. The molecular formula is C8H17NO3S. The summed E-state index contributed by atoms with van der Waals surface area (Å²) in [6.07, 6.45) is 2.93. The van der Waals surface area contributed by atoms with Gasteiger partial charge in [-0.3, -0.25) is 0 Å². The van der Waals surface area contributed by atoms with Gasteiger partial charge in [-0.1, -0.05) is 0 Å². The average molecular weight is 207 g/mol. The lowest BCUT2D eigenvalue weighted by molar-refractivity contribution is 0.279. The van der Waals surface area contributed by atoms with Crippen LogP contribution in [0.15, 0.2) is 0 Å². The van der Waals surface area contributed by atoms with Crippen molar-refractivity contribution in [2.45, 2.75) is 43.9 Å². The molecule has 0 heterocycles. The number of hydrogen-bond acceptors (Lipinski definition) is 3. The molecule has 0 amide bonds. The molecular weight excluding hydrogens is 190 g/mol. The smallest absolute Gasteiger partial charge is 0.214 e. The van der Waals surface area contributed by atoms with Crippen LogP contribution in [0.2, 0.25) is 0 Å². The number of hydrogen-bond donors (Lipinski definition) is 2. The zero-order valence-electron chi connectivity index (χ0n) is 7.86. The fraction of sp³-hybridized carbons (Fsp3) is 1.00. The van der Waals surface area contributed by atoms with E-state index < -0.39 is 10.0 Å². The Bertz CT molecular complexity index is 246. The standard InChI is InChI=1S/C8H17NO3S/c1-7(3-2-6-10)9-13(11,12)8-4-5-8/h7-10H,2-6H2,1H3. The van der Waals surface area contributed by atoms with Crippen molar-refractivity contribution >= 4 is 10.0 Å². The predicted octanol–water partition coefficient (Wildman–Crippen LogP) is 0.229. The summed E-state index contributed by atoms with van der Waals surface area (Å²) in [5.41, 5.74) is 0. The molecule has 78 valence electrons. The van der Waals surface area contributed by atoms with Crippen molar-refractivity contribution in [1.82, 2.24) is 4.72 Å². The Hall–Kier alpha value is -0.130. The minimum atomic E-state index is -3.05. The highest BCUT2D eigenvalue weighted by atomic mass is 32.2. The number of sulfonamides is 1. The highest BCUT2D eigenvalue weighted by molar-refractivity contribution is 7.90. The van der Waals surface area contributed by atoms with E-state index in [1.165, 1.54) is 0 Å². The summed E-state index contributed by atoms with van der Waals surface area (Å²) in [6, 6.07) is -0.0576. The van der Waals surface area contributed by atoms with Gasteiger partial charge in [0.05, 0.1) is 5.25 Å². The SMILES string of the molecule is CC(CCCO)NS(=O)(=O)C1CC1. The van der Waals surface area contributed by atoms with Crippen LogP contribution in [0.3, 0.4) is 0 Å². The molecule has 1 unspecified atom stereocenters. The van der Waals surface area contributed by atoms with Gasteiger partial charge >= 0.3 is 0 Å². The molecule has 1 saturated carbocycles. The normalized spacial score (nSPS) is 20.2. The van der Waals surface area contributed by atoms with Crippen LogP contribution in [0.5, 0.6) is 0 Å². The molecule has 2 N–H and O–H groups in total. The van der Waals surface area contributed by atoms with E-state index in [1.54, 1.807) is 0 Å². The predicted molar refractivity (Wildman–Crippen MR) is 50.9 cm³/mol. The van der Waals surface area contributed by atoms with Crippen molar-refractivity contribution < 1.29 is 13.5 Å². The molecule has 0 aromatic heterocycles. The first-order chi connectivity index (χ1) is 6.06. The first-order valence-corrected chi connectivity index (χ1v) is 6.23. The van der Waals surface area contributed by atoms with Crippen molar-refractivity contribution in [1.29, 1.82) is 0 Å². The molecule has 0 aliphatic heterocycles. The number of rotatable bonds is 6. The van der Waals surface area contributed by atoms with Crippen molar-refractivity contribution in [2.24, 2.45) is 0 Å². The van der Waals surface area contributed by atoms with E-state index in [0.29, 0.717) is 12.8 Å². The lowest BCUT2D eigenvalue weighted by Gasteiger charge is -2.12. The Labute approximate surface area is 79.4 Å². The molecule has 0 spiro atoms. The molecule has 0 radical (unpaired) electrons. The molecule has 0 bridgehead atoms. The van der Waals surface area contributed by atoms with Gasteiger partial charge in [0.1, 0.15) is 0 Å². The second-order valence-electron chi connectivity index (χ2n) is 3.63. The Morgan fingerprint density at radius 3 is 2.62 bits per heavy atom. The molecule has 13 heavy (non-hydrogen) atoms. The number of aliphatic hydroxyl groups is 1. The van der Waals surface area contributed by atoms with Crippen molar-refractivity contribution in [3.8, 4) is 0 Å². The van der Waals surface area contributed by atoms with E-state index in [9.17, 15) is 8.42 Å². The molecule has 1 aliphatic rings. The lowest BCUT2D eigenvalue weighted by Crippen LogP contribution is -2.35. The third-order valence-electron chi connectivity index (χ3n) is 2.12. The molecule has 1 rings (SSSR count). The van der Waals surface area contributed by atoms with Crippen LogP contribution in [0.1, 0.15) is 32.6 Å². The van der Waals surface area contributed by atoms with E-state index in [0.717, 1.165) is 12.8 Å². The highest BCUT2D eigenvalue weighted by Gasteiger charge is 2.36. The third kappa shape index (κ3) is 3.62. The van der Waals surface area contributed by atoms with Gasteiger partial charge < -0.3 is 5.11 Å². The summed E-state index contributed by atoms with van der Waals surface area (Å²) < 4.78 is 25.4. The zero-order chi connectivity index (χ0) is 9.90. The Kier molecular flexibility index (Phi) is 3.70. The second-order valence-corrected chi connectivity index (χ2v) is 5.62. The molecule has 5 heteroatoms. The van der Waals surface area contributed by atoms with E-state index in [-0.39, 0.29) is 17.9 Å². The Morgan fingerprint density at radius 1 is 1.54 bits per heavy atom. The summed E-state index contributed by atoms with van der Waals surface area (Å²) in [4.78, 5) is 0. The summed E-state index contributed by atoms with van der Waals surface area (Å²) in [5.74, 6) is 0. The van der Waals surface area contributed by atoms with Gasteiger partial charge in [-0.25, -0.2) is 13.1 Å². The highest BCUT2D eigenvalue weighted by Crippen LogP contribution is 2.27. The lowest BCUT2D eigenvalue weighted by atomic mass is 10.2. The van der Waals surface area contributed by atoms with Crippen LogP contribution in [-0.2, 0) is 10.0 Å². The summed E-state index contributed by atoms with van der Waals surface area (Å²) in [6.45, 7) is 1.95. The monoisotopic (exact) mass is 207 g/mol. The molecule has 0 aromatic carbocycles. The zero-order valence-corrected chi connectivity index (χ0v) is 8.68. The summed E-state index contributed by atoms with van der Waals surface area (Å²) >= 11 is 0. The van der Waals surface area contributed by atoms with Crippen molar-refractivity contribution in [3.63, 3.8) is 0 Å². The number of aliphatic hydroxyl groups excluding tert-OH is 1. The number of nitrogens with one attached hydrogen (secondary N) is 1. The van der Waals surface area contributed by atoms with Crippen LogP contribution < -0.4 is 4.72 Å².